The highest BCUT2D eigenvalue weighted by molar-refractivity contribution is 7.52. The predicted molar refractivity (Wildman–Crippen MR) is 84.3 cm³/mol. The number of benzene rings is 2. The van der Waals surface area contributed by atoms with Crippen molar-refractivity contribution in [3.8, 4) is 0 Å². The molecule has 0 saturated carbocycles. The van der Waals surface area contributed by atoms with E-state index in [0.717, 1.165) is 5.56 Å². The van der Waals surface area contributed by atoms with E-state index in [2.05, 4.69) is 5.32 Å². The molecule has 2 rings (SSSR count). The minimum atomic E-state index is -4.46. The second-order valence-electron chi connectivity index (χ2n) is 4.90. The van der Waals surface area contributed by atoms with Gasteiger partial charge < -0.3 is 19.8 Å². The van der Waals surface area contributed by atoms with Crippen molar-refractivity contribution in [3.63, 3.8) is 0 Å². The molecule has 22 heavy (non-hydrogen) atoms. The fraction of sp³-hybridized carbons (Fsp3) is 0.143. The molecule has 116 valence electrons. The summed E-state index contributed by atoms with van der Waals surface area (Å²) in [6.07, 6.45) is 0. The predicted octanol–water partition coefficient (Wildman–Crippen LogP) is 0.332. The van der Waals surface area contributed by atoms with Gasteiger partial charge in [-0.3, -0.25) is 9.88 Å². The van der Waals surface area contributed by atoms with Crippen molar-refractivity contribution < 1.29 is 24.4 Å². The molecule has 0 saturated heterocycles. The van der Waals surface area contributed by atoms with Gasteiger partial charge in [0.2, 0.25) is 0 Å². The summed E-state index contributed by atoms with van der Waals surface area (Å²) in [7, 11) is -6.15. The Morgan fingerprint density at radius 1 is 1.05 bits per heavy atom. The van der Waals surface area contributed by atoms with Crippen molar-refractivity contribution in [2.45, 2.75) is 12.3 Å². The Labute approximate surface area is 128 Å². The monoisotopic (exact) mass is 321 g/mol. The van der Waals surface area contributed by atoms with Gasteiger partial charge in [-0.25, -0.2) is 0 Å². The average molecular weight is 321 g/mol. The summed E-state index contributed by atoms with van der Waals surface area (Å²) in [6.45, 7) is 0.280. The van der Waals surface area contributed by atoms with Gasteiger partial charge in [0.05, 0.1) is 0 Å². The first-order valence-electron chi connectivity index (χ1n) is 6.66. The highest BCUT2D eigenvalue weighted by atomic mass is 31.2. The van der Waals surface area contributed by atoms with Gasteiger partial charge >= 0.3 is 14.7 Å². The Hall–Kier alpha value is -1.47. The Kier molecular flexibility index (Phi) is 5.53. The van der Waals surface area contributed by atoms with Crippen LogP contribution in [0.5, 0.6) is 0 Å². The summed E-state index contributed by atoms with van der Waals surface area (Å²) in [6, 6.07) is 15.1. The summed E-state index contributed by atoms with van der Waals surface area (Å²) in [4.78, 5) is 19.1. The van der Waals surface area contributed by atoms with Gasteiger partial charge in [0.1, 0.15) is 5.78 Å². The molecule has 6 nitrogen and oxygen atoms in total. The molecule has 8 heteroatoms. The standard InChI is InChI=1S/C14H17BNO5P/c17-15(18)13-8-4-7-12(9-13)14(22(19,20)21)16-10-11-5-2-1-3-6-11/h1-9,14,16-18H,10H2,(H2,19,20,21)/t14-/m0/s1. The van der Waals surface area contributed by atoms with Crippen molar-refractivity contribution in [1.82, 2.24) is 5.32 Å². The van der Waals surface area contributed by atoms with E-state index in [1.807, 2.05) is 30.3 Å². The van der Waals surface area contributed by atoms with Crippen molar-refractivity contribution in [2.75, 3.05) is 0 Å². The lowest BCUT2D eigenvalue weighted by atomic mass is 9.79. The first-order valence-corrected chi connectivity index (χ1v) is 8.34. The van der Waals surface area contributed by atoms with Crippen LogP contribution in [0.15, 0.2) is 54.6 Å². The minimum absolute atomic E-state index is 0.178. The van der Waals surface area contributed by atoms with Crippen LogP contribution in [0.4, 0.5) is 0 Å². The Balaban J connectivity index is 2.23. The van der Waals surface area contributed by atoms with Gasteiger partial charge in [-0.1, -0.05) is 54.6 Å². The quantitative estimate of drug-likeness (QED) is 0.387. The van der Waals surface area contributed by atoms with E-state index in [1.54, 1.807) is 0 Å². The molecule has 0 radical (unpaired) electrons. The molecule has 0 bridgehead atoms. The third-order valence-electron chi connectivity index (χ3n) is 3.20. The molecule has 5 N–H and O–H groups in total. The SMILES string of the molecule is O=P(O)(O)[C@H](NCc1ccccc1)c1cccc(B(O)O)c1. The summed E-state index contributed by atoms with van der Waals surface area (Å²) in [5.74, 6) is -1.22. The lowest BCUT2D eigenvalue weighted by Crippen LogP contribution is -2.31. The summed E-state index contributed by atoms with van der Waals surface area (Å²) >= 11 is 0. The Bertz CT molecular complexity index is 661. The highest BCUT2D eigenvalue weighted by Gasteiger charge is 2.30. The zero-order valence-electron chi connectivity index (χ0n) is 11.7. The van der Waals surface area contributed by atoms with Crippen LogP contribution in [0.25, 0.3) is 0 Å². The van der Waals surface area contributed by atoms with Crippen molar-refractivity contribution in [1.29, 1.82) is 0 Å². The molecular formula is C14H17BNO5P. The molecule has 0 heterocycles. The summed E-state index contributed by atoms with van der Waals surface area (Å²) < 4.78 is 11.7. The number of nitrogens with one attached hydrogen (secondary N) is 1. The molecule has 0 aliphatic heterocycles. The van der Waals surface area contributed by atoms with Crippen LogP contribution in [-0.2, 0) is 11.1 Å². The average Bonchev–Trinajstić information content (AvgIpc) is 2.47. The van der Waals surface area contributed by atoms with E-state index < -0.39 is 20.5 Å². The number of rotatable bonds is 6. The second-order valence-corrected chi connectivity index (χ2v) is 6.60. The Morgan fingerprint density at radius 2 is 1.73 bits per heavy atom. The summed E-state index contributed by atoms with van der Waals surface area (Å²) in [5, 5.41) is 21.2. The van der Waals surface area contributed by atoms with E-state index in [-0.39, 0.29) is 12.0 Å². The Morgan fingerprint density at radius 3 is 2.32 bits per heavy atom. The fourth-order valence-electron chi connectivity index (χ4n) is 2.13. The highest BCUT2D eigenvalue weighted by Crippen LogP contribution is 2.49. The van der Waals surface area contributed by atoms with Crippen LogP contribution in [0.3, 0.4) is 0 Å². The molecular weight excluding hydrogens is 304 g/mol. The maximum Gasteiger partial charge on any atom is 0.488 e. The zero-order valence-corrected chi connectivity index (χ0v) is 12.6. The van der Waals surface area contributed by atoms with Crippen molar-refractivity contribution >= 4 is 20.2 Å². The molecule has 0 amide bonds. The zero-order chi connectivity index (χ0) is 16.2. The third kappa shape index (κ3) is 4.51. The van der Waals surface area contributed by atoms with Crippen LogP contribution in [0, 0.1) is 0 Å². The van der Waals surface area contributed by atoms with E-state index in [4.69, 9.17) is 0 Å². The molecule has 1 atom stereocenters. The molecule has 0 spiro atoms. The normalized spacial score (nSPS) is 12.9. The molecule has 0 aliphatic carbocycles. The van der Waals surface area contributed by atoms with E-state index >= 15 is 0 Å². The first kappa shape index (κ1) is 16.9. The van der Waals surface area contributed by atoms with Gasteiger partial charge in [0, 0.05) is 6.54 Å². The van der Waals surface area contributed by atoms with Crippen LogP contribution in [0.1, 0.15) is 16.9 Å². The topological polar surface area (TPSA) is 110 Å². The molecule has 2 aromatic carbocycles. The van der Waals surface area contributed by atoms with Gasteiger partial charge in [-0.15, -0.1) is 0 Å². The smallest absolute Gasteiger partial charge is 0.423 e. The summed E-state index contributed by atoms with van der Waals surface area (Å²) in [5.41, 5.74) is 1.37. The second kappa shape index (κ2) is 7.20. The molecule has 0 unspecified atom stereocenters. The van der Waals surface area contributed by atoms with E-state index in [9.17, 15) is 24.4 Å². The van der Waals surface area contributed by atoms with Crippen LogP contribution in [0.2, 0.25) is 0 Å². The maximum absolute atomic E-state index is 11.7. The maximum atomic E-state index is 11.7. The molecule has 0 aliphatic rings. The van der Waals surface area contributed by atoms with Gasteiger partial charge in [0.25, 0.3) is 0 Å². The van der Waals surface area contributed by atoms with Crippen LogP contribution in [-0.4, -0.2) is 27.0 Å². The van der Waals surface area contributed by atoms with Crippen molar-refractivity contribution in [3.05, 3.63) is 65.7 Å². The van der Waals surface area contributed by atoms with Crippen LogP contribution < -0.4 is 10.8 Å². The largest absolute Gasteiger partial charge is 0.488 e. The van der Waals surface area contributed by atoms with Crippen molar-refractivity contribution in [2.24, 2.45) is 0 Å². The number of hydrogen-bond acceptors (Lipinski definition) is 4. The molecule has 2 aromatic rings. The first-order chi connectivity index (χ1) is 10.4. The molecule has 0 fully saturated rings. The third-order valence-corrected chi connectivity index (χ3v) is 4.36. The van der Waals surface area contributed by atoms with Gasteiger partial charge in [-0.05, 0) is 16.6 Å². The van der Waals surface area contributed by atoms with E-state index in [1.165, 1.54) is 24.3 Å². The fourth-order valence-corrected chi connectivity index (χ4v) is 3.01. The lowest BCUT2D eigenvalue weighted by Gasteiger charge is -2.21. The minimum Gasteiger partial charge on any atom is -0.423 e. The van der Waals surface area contributed by atoms with Crippen LogP contribution >= 0.6 is 7.60 Å². The lowest BCUT2D eigenvalue weighted by molar-refractivity contribution is 0.347. The molecule has 0 aromatic heterocycles. The number of hydrogen-bond donors (Lipinski definition) is 5. The van der Waals surface area contributed by atoms with E-state index in [0.29, 0.717) is 5.56 Å². The van der Waals surface area contributed by atoms with Gasteiger partial charge in [0.15, 0.2) is 0 Å². The van der Waals surface area contributed by atoms with Gasteiger partial charge in [-0.2, -0.15) is 0 Å².